The number of nitrogens with zero attached hydrogens (tertiary/aromatic N) is 3. The predicted molar refractivity (Wildman–Crippen MR) is 89.9 cm³/mol. The molecule has 1 aromatic heterocycles. The minimum Gasteiger partial charge on any atom is -0.261 e. The molecule has 0 fully saturated rings. The summed E-state index contributed by atoms with van der Waals surface area (Å²) in [6.07, 6.45) is 1.72. The normalized spacial score (nSPS) is 11.1. The molecule has 21 heavy (non-hydrogen) atoms. The van der Waals surface area contributed by atoms with E-state index in [0.717, 1.165) is 20.9 Å². The van der Waals surface area contributed by atoms with Crippen LogP contribution in [0.5, 0.6) is 0 Å². The van der Waals surface area contributed by atoms with Crippen molar-refractivity contribution in [2.75, 3.05) is 5.43 Å². The topological polar surface area (TPSA) is 50.2 Å². The van der Waals surface area contributed by atoms with E-state index in [1.807, 2.05) is 48.5 Å². The van der Waals surface area contributed by atoms with Gasteiger partial charge in [-0.2, -0.15) is 10.1 Å². The molecule has 0 aliphatic carbocycles. The lowest BCUT2D eigenvalue weighted by Crippen LogP contribution is -1.97. The molecule has 104 valence electrons. The van der Waals surface area contributed by atoms with Crippen LogP contribution >= 0.6 is 27.5 Å². The van der Waals surface area contributed by atoms with Gasteiger partial charge in [-0.15, -0.1) is 0 Å². The molecule has 1 N–H and O–H groups in total. The van der Waals surface area contributed by atoms with E-state index in [0.29, 0.717) is 5.82 Å². The second kappa shape index (κ2) is 6.20. The zero-order chi connectivity index (χ0) is 14.7. The Kier molecular flexibility index (Phi) is 4.13. The van der Waals surface area contributed by atoms with Crippen LogP contribution in [-0.2, 0) is 0 Å². The summed E-state index contributed by atoms with van der Waals surface area (Å²) in [5.74, 6) is 0.582. The number of rotatable bonds is 3. The lowest BCUT2D eigenvalue weighted by molar-refractivity contribution is 1.18. The first kappa shape index (κ1) is 14.0. The largest absolute Gasteiger partial charge is 0.261 e. The van der Waals surface area contributed by atoms with E-state index in [-0.39, 0.29) is 5.28 Å². The van der Waals surface area contributed by atoms with Crippen LogP contribution in [0.4, 0.5) is 5.82 Å². The molecule has 0 spiro atoms. The van der Waals surface area contributed by atoms with Crippen molar-refractivity contribution < 1.29 is 0 Å². The van der Waals surface area contributed by atoms with Crippen LogP contribution in [0.15, 0.2) is 58.1 Å². The lowest BCUT2D eigenvalue weighted by atomic mass is 10.2. The standard InChI is InChI=1S/C15H10BrClN4/c16-11-7-5-10(6-8-11)9-18-21-14-12-3-1-2-4-13(12)19-15(17)20-14/h1-9H,(H,19,20,21)/b18-9-. The Hall–Kier alpha value is -1.98. The third-order valence-corrected chi connectivity index (χ3v) is 3.53. The first-order valence-corrected chi connectivity index (χ1v) is 7.36. The first-order chi connectivity index (χ1) is 10.2. The minimum atomic E-state index is 0.190. The van der Waals surface area contributed by atoms with Gasteiger partial charge in [0.25, 0.3) is 0 Å². The molecule has 3 aromatic rings. The van der Waals surface area contributed by atoms with Gasteiger partial charge in [0.2, 0.25) is 5.28 Å². The highest BCUT2D eigenvalue weighted by atomic mass is 79.9. The number of aromatic nitrogens is 2. The molecular formula is C15H10BrClN4. The van der Waals surface area contributed by atoms with Crippen molar-refractivity contribution in [3.8, 4) is 0 Å². The van der Waals surface area contributed by atoms with Crippen LogP contribution in [0, 0.1) is 0 Å². The van der Waals surface area contributed by atoms with Gasteiger partial charge >= 0.3 is 0 Å². The van der Waals surface area contributed by atoms with Crippen molar-refractivity contribution >= 4 is 50.5 Å². The third-order valence-electron chi connectivity index (χ3n) is 2.83. The molecule has 4 nitrogen and oxygen atoms in total. The maximum Gasteiger partial charge on any atom is 0.224 e. The summed E-state index contributed by atoms with van der Waals surface area (Å²) in [5, 5.41) is 5.25. The van der Waals surface area contributed by atoms with Crippen LogP contribution in [0.25, 0.3) is 10.9 Å². The summed E-state index contributed by atoms with van der Waals surface area (Å²) in [6.45, 7) is 0. The molecule has 0 aliphatic rings. The van der Waals surface area contributed by atoms with E-state index in [1.54, 1.807) is 6.21 Å². The number of benzene rings is 2. The number of anilines is 1. The fraction of sp³-hybridized carbons (Fsp3) is 0. The Balaban J connectivity index is 1.86. The van der Waals surface area contributed by atoms with E-state index in [2.05, 4.69) is 36.4 Å². The first-order valence-electron chi connectivity index (χ1n) is 6.19. The molecule has 0 saturated heterocycles. The molecule has 0 saturated carbocycles. The molecule has 0 amide bonds. The van der Waals surface area contributed by atoms with E-state index < -0.39 is 0 Å². The Bertz CT molecular complexity index is 802. The monoisotopic (exact) mass is 360 g/mol. The van der Waals surface area contributed by atoms with Crippen molar-refractivity contribution in [1.82, 2.24) is 9.97 Å². The van der Waals surface area contributed by atoms with E-state index in [1.165, 1.54) is 0 Å². The second-order valence-electron chi connectivity index (χ2n) is 4.28. The van der Waals surface area contributed by atoms with Gasteiger partial charge in [-0.05, 0) is 41.4 Å². The fourth-order valence-corrected chi connectivity index (χ4v) is 2.29. The van der Waals surface area contributed by atoms with Gasteiger partial charge in [0.15, 0.2) is 5.82 Å². The summed E-state index contributed by atoms with van der Waals surface area (Å²) in [5.41, 5.74) is 4.67. The summed E-state index contributed by atoms with van der Waals surface area (Å²) in [7, 11) is 0. The number of hydrazone groups is 1. The highest BCUT2D eigenvalue weighted by Crippen LogP contribution is 2.21. The van der Waals surface area contributed by atoms with Crippen LogP contribution in [0.2, 0.25) is 5.28 Å². The predicted octanol–water partition coefficient (Wildman–Crippen LogP) is 4.49. The Morgan fingerprint density at radius 1 is 1.05 bits per heavy atom. The second-order valence-corrected chi connectivity index (χ2v) is 5.53. The summed E-state index contributed by atoms with van der Waals surface area (Å²) in [6, 6.07) is 15.5. The Morgan fingerprint density at radius 3 is 2.62 bits per heavy atom. The molecule has 0 radical (unpaired) electrons. The fourth-order valence-electron chi connectivity index (χ4n) is 1.85. The van der Waals surface area contributed by atoms with Crippen molar-refractivity contribution in [2.45, 2.75) is 0 Å². The zero-order valence-corrected chi connectivity index (χ0v) is 13.1. The number of hydrogen-bond donors (Lipinski definition) is 1. The van der Waals surface area contributed by atoms with Crippen molar-refractivity contribution in [1.29, 1.82) is 0 Å². The third kappa shape index (κ3) is 3.37. The number of halogens is 2. The molecule has 2 aromatic carbocycles. The van der Waals surface area contributed by atoms with Crippen LogP contribution in [0.3, 0.4) is 0 Å². The van der Waals surface area contributed by atoms with Crippen LogP contribution in [0.1, 0.15) is 5.56 Å². The quantitative estimate of drug-likeness (QED) is 0.425. The van der Waals surface area contributed by atoms with Gasteiger partial charge in [0.05, 0.1) is 11.7 Å². The van der Waals surface area contributed by atoms with E-state index >= 15 is 0 Å². The highest BCUT2D eigenvalue weighted by Gasteiger charge is 2.04. The molecule has 0 atom stereocenters. The van der Waals surface area contributed by atoms with Gasteiger partial charge in [-0.25, -0.2) is 4.98 Å². The van der Waals surface area contributed by atoms with Gasteiger partial charge in [-0.1, -0.05) is 40.2 Å². The molecule has 6 heteroatoms. The number of para-hydroxylation sites is 1. The Morgan fingerprint density at radius 2 is 1.81 bits per heavy atom. The maximum absolute atomic E-state index is 5.92. The number of fused-ring (bicyclic) bond motifs is 1. The molecule has 0 bridgehead atoms. The number of nitrogens with one attached hydrogen (secondary N) is 1. The SMILES string of the molecule is Clc1nc(N/N=C\c2ccc(Br)cc2)c2ccccc2n1. The average molecular weight is 362 g/mol. The summed E-state index contributed by atoms with van der Waals surface area (Å²) in [4.78, 5) is 8.34. The van der Waals surface area contributed by atoms with Gasteiger partial charge in [0.1, 0.15) is 0 Å². The molecule has 3 rings (SSSR count). The zero-order valence-electron chi connectivity index (χ0n) is 10.8. The summed E-state index contributed by atoms with van der Waals surface area (Å²) < 4.78 is 1.03. The van der Waals surface area contributed by atoms with E-state index in [9.17, 15) is 0 Å². The minimum absolute atomic E-state index is 0.190. The Labute approximate surface area is 135 Å². The van der Waals surface area contributed by atoms with Gasteiger partial charge < -0.3 is 0 Å². The highest BCUT2D eigenvalue weighted by molar-refractivity contribution is 9.10. The van der Waals surface area contributed by atoms with E-state index in [4.69, 9.17) is 11.6 Å². The molecule has 0 aliphatic heterocycles. The molecular weight excluding hydrogens is 352 g/mol. The van der Waals surface area contributed by atoms with Crippen molar-refractivity contribution in [3.63, 3.8) is 0 Å². The maximum atomic E-state index is 5.92. The molecule has 0 unspecified atom stereocenters. The average Bonchev–Trinajstić information content (AvgIpc) is 2.49. The molecule has 1 heterocycles. The lowest BCUT2D eigenvalue weighted by Gasteiger charge is -2.04. The van der Waals surface area contributed by atoms with Gasteiger partial charge in [0, 0.05) is 9.86 Å². The smallest absolute Gasteiger partial charge is 0.224 e. The number of hydrogen-bond acceptors (Lipinski definition) is 4. The van der Waals surface area contributed by atoms with Gasteiger partial charge in [-0.3, -0.25) is 5.43 Å². The van der Waals surface area contributed by atoms with Crippen molar-refractivity contribution in [2.24, 2.45) is 5.10 Å². The summed E-state index contributed by atoms with van der Waals surface area (Å²) >= 11 is 9.31. The van der Waals surface area contributed by atoms with Crippen molar-refractivity contribution in [3.05, 3.63) is 63.9 Å². The van der Waals surface area contributed by atoms with Crippen LogP contribution < -0.4 is 5.43 Å². The van der Waals surface area contributed by atoms with Crippen LogP contribution in [-0.4, -0.2) is 16.2 Å².